The molecule has 0 fully saturated rings. The lowest BCUT2D eigenvalue weighted by molar-refractivity contribution is -0.130. The molecule has 20 heavy (non-hydrogen) atoms. The van der Waals surface area contributed by atoms with Crippen molar-refractivity contribution in [2.75, 3.05) is 7.05 Å². The van der Waals surface area contributed by atoms with Crippen molar-refractivity contribution in [1.29, 1.82) is 0 Å². The molecule has 3 nitrogen and oxygen atoms in total. The lowest BCUT2D eigenvalue weighted by Gasteiger charge is -2.17. The molecule has 2 aromatic rings. The van der Waals surface area contributed by atoms with Gasteiger partial charge < -0.3 is 4.90 Å². The zero-order valence-corrected chi connectivity index (χ0v) is 11.4. The van der Waals surface area contributed by atoms with E-state index in [0.717, 1.165) is 11.1 Å². The number of hydrogen-bond donors (Lipinski definition) is 0. The summed E-state index contributed by atoms with van der Waals surface area (Å²) in [6.07, 6.45) is 4.57. The van der Waals surface area contributed by atoms with Crippen LogP contribution in [-0.4, -0.2) is 22.8 Å². The molecule has 0 spiro atoms. The summed E-state index contributed by atoms with van der Waals surface area (Å²) in [5, 5.41) is 0. The molecule has 0 N–H and O–H groups in total. The Labute approximate surface area is 118 Å². The van der Waals surface area contributed by atoms with Gasteiger partial charge in [0.2, 0.25) is 5.91 Å². The highest BCUT2D eigenvalue weighted by Crippen LogP contribution is 2.08. The summed E-state index contributed by atoms with van der Waals surface area (Å²) in [4.78, 5) is 17.6. The van der Waals surface area contributed by atoms with Gasteiger partial charge in [0.1, 0.15) is 5.82 Å². The molecule has 0 aliphatic carbocycles. The summed E-state index contributed by atoms with van der Waals surface area (Å²) in [6.45, 7) is 0.424. The number of aryl methyl sites for hydroxylation is 1. The van der Waals surface area contributed by atoms with Gasteiger partial charge in [0, 0.05) is 32.4 Å². The van der Waals surface area contributed by atoms with Gasteiger partial charge in [-0.05, 0) is 41.8 Å². The van der Waals surface area contributed by atoms with E-state index in [0.29, 0.717) is 19.4 Å². The van der Waals surface area contributed by atoms with Crippen LogP contribution in [0.25, 0.3) is 0 Å². The molecule has 1 heterocycles. The Morgan fingerprint density at radius 1 is 1.20 bits per heavy atom. The van der Waals surface area contributed by atoms with Crippen molar-refractivity contribution in [3.05, 3.63) is 65.7 Å². The minimum atomic E-state index is -0.278. The smallest absolute Gasteiger partial charge is 0.222 e. The van der Waals surface area contributed by atoms with Crippen LogP contribution in [0.3, 0.4) is 0 Å². The number of pyridine rings is 1. The van der Waals surface area contributed by atoms with Gasteiger partial charge in [-0.1, -0.05) is 12.1 Å². The lowest BCUT2D eigenvalue weighted by Crippen LogP contribution is -2.26. The number of halogens is 1. The first-order valence-electron chi connectivity index (χ1n) is 6.52. The number of carbonyl (C=O) groups excluding carboxylic acids is 1. The molecule has 1 aromatic carbocycles. The summed E-state index contributed by atoms with van der Waals surface area (Å²) in [6, 6.07) is 10.1. The average Bonchev–Trinajstić information content (AvgIpc) is 2.46. The fourth-order valence-corrected chi connectivity index (χ4v) is 1.99. The highest BCUT2D eigenvalue weighted by atomic mass is 19.1. The summed E-state index contributed by atoms with van der Waals surface area (Å²) in [5.74, 6) is -0.230. The molecule has 1 aromatic heterocycles. The average molecular weight is 272 g/mol. The van der Waals surface area contributed by atoms with Gasteiger partial charge in [0.05, 0.1) is 0 Å². The number of amides is 1. The van der Waals surface area contributed by atoms with Crippen LogP contribution in [0, 0.1) is 5.82 Å². The van der Waals surface area contributed by atoms with E-state index >= 15 is 0 Å². The van der Waals surface area contributed by atoms with Gasteiger partial charge >= 0.3 is 0 Å². The normalized spacial score (nSPS) is 10.3. The van der Waals surface area contributed by atoms with E-state index in [1.807, 2.05) is 18.2 Å². The number of aromatic nitrogens is 1. The maximum atomic E-state index is 13.1. The predicted octanol–water partition coefficient (Wildman–Crippen LogP) is 2.81. The standard InChI is InChI=1S/C16H17FN2O/c1-19(12-14-3-2-4-15(17)11-14)16(20)6-5-13-7-9-18-10-8-13/h2-4,7-11H,5-6,12H2,1H3. The van der Waals surface area contributed by atoms with Crippen LogP contribution in [0.1, 0.15) is 17.5 Å². The third-order valence-corrected chi connectivity index (χ3v) is 3.11. The van der Waals surface area contributed by atoms with Crippen molar-refractivity contribution in [1.82, 2.24) is 9.88 Å². The van der Waals surface area contributed by atoms with Crippen LogP contribution >= 0.6 is 0 Å². The number of benzene rings is 1. The van der Waals surface area contributed by atoms with Crippen molar-refractivity contribution >= 4 is 5.91 Å². The fourth-order valence-electron chi connectivity index (χ4n) is 1.99. The topological polar surface area (TPSA) is 33.2 Å². The highest BCUT2D eigenvalue weighted by molar-refractivity contribution is 5.76. The van der Waals surface area contributed by atoms with Crippen molar-refractivity contribution in [3.63, 3.8) is 0 Å². The molecule has 0 atom stereocenters. The molecule has 0 radical (unpaired) electrons. The van der Waals surface area contributed by atoms with E-state index in [2.05, 4.69) is 4.98 Å². The van der Waals surface area contributed by atoms with Crippen LogP contribution in [-0.2, 0) is 17.8 Å². The van der Waals surface area contributed by atoms with Crippen LogP contribution in [0.2, 0.25) is 0 Å². The fraction of sp³-hybridized carbons (Fsp3) is 0.250. The van der Waals surface area contributed by atoms with Gasteiger partial charge in [-0.2, -0.15) is 0 Å². The SMILES string of the molecule is CN(Cc1cccc(F)c1)C(=O)CCc1ccncc1. The van der Waals surface area contributed by atoms with Crippen LogP contribution in [0.4, 0.5) is 4.39 Å². The molecular formula is C16H17FN2O. The molecule has 0 aliphatic rings. The molecular weight excluding hydrogens is 255 g/mol. The Hall–Kier alpha value is -2.23. The van der Waals surface area contributed by atoms with E-state index in [-0.39, 0.29) is 11.7 Å². The Balaban J connectivity index is 1.86. The second-order valence-corrected chi connectivity index (χ2v) is 4.74. The number of hydrogen-bond acceptors (Lipinski definition) is 2. The van der Waals surface area contributed by atoms with Crippen molar-refractivity contribution in [2.45, 2.75) is 19.4 Å². The first kappa shape index (κ1) is 14.2. The maximum absolute atomic E-state index is 13.1. The molecule has 0 aliphatic heterocycles. The van der Waals surface area contributed by atoms with Gasteiger partial charge in [-0.25, -0.2) is 4.39 Å². The second-order valence-electron chi connectivity index (χ2n) is 4.74. The lowest BCUT2D eigenvalue weighted by atomic mass is 10.1. The third kappa shape index (κ3) is 4.16. The van der Waals surface area contributed by atoms with Gasteiger partial charge in [0.15, 0.2) is 0 Å². The third-order valence-electron chi connectivity index (χ3n) is 3.11. The molecule has 1 amide bonds. The molecule has 0 bridgehead atoms. The van der Waals surface area contributed by atoms with E-state index < -0.39 is 0 Å². The Bertz CT molecular complexity index is 572. The largest absolute Gasteiger partial charge is 0.341 e. The van der Waals surface area contributed by atoms with E-state index in [1.54, 1.807) is 30.4 Å². The van der Waals surface area contributed by atoms with Crippen LogP contribution < -0.4 is 0 Å². The molecule has 104 valence electrons. The minimum absolute atomic E-state index is 0.0473. The van der Waals surface area contributed by atoms with Crippen molar-refractivity contribution < 1.29 is 9.18 Å². The van der Waals surface area contributed by atoms with E-state index in [4.69, 9.17) is 0 Å². The monoisotopic (exact) mass is 272 g/mol. The molecule has 2 rings (SSSR count). The van der Waals surface area contributed by atoms with Crippen molar-refractivity contribution in [2.24, 2.45) is 0 Å². The Kier molecular flexibility index (Phi) is 4.82. The summed E-state index contributed by atoms with van der Waals surface area (Å²) < 4.78 is 13.1. The quantitative estimate of drug-likeness (QED) is 0.838. The molecule has 0 saturated carbocycles. The molecule has 0 unspecified atom stereocenters. The first-order valence-corrected chi connectivity index (χ1v) is 6.52. The van der Waals surface area contributed by atoms with Gasteiger partial charge in [0.25, 0.3) is 0 Å². The zero-order valence-electron chi connectivity index (χ0n) is 11.4. The number of nitrogens with zero attached hydrogens (tertiary/aromatic N) is 2. The number of rotatable bonds is 5. The van der Waals surface area contributed by atoms with Crippen LogP contribution in [0.5, 0.6) is 0 Å². The second kappa shape index (κ2) is 6.80. The summed E-state index contributed by atoms with van der Waals surface area (Å²) in [7, 11) is 1.74. The summed E-state index contributed by atoms with van der Waals surface area (Å²) >= 11 is 0. The first-order chi connectivity index (χ1) is 9.65. The van der Waals surface area contributed by atoms with E-state index in [9.17, 15) is 9.18 Å². The highest BCUT2D eigenvalue weighted by Gasteiger charge is 2.09. The Morgan fingerprint density at radius 2 is 1.95 bits per heavy atom. The predicted molar refractivity (Wildman–Crippen MR) is 75.4 cm³/mol. The zero-order chi connectivity index (χ0) is 14.4. The van der Waals surface area contributed by atoms with Crippen molar-refractivity contribution in [3.8, 4) is 0 Å². The molecule has 0 saturated heterocycles. The Morgan fingerprint density at radius 3 is 2.65 bits per heavy atom. The maximum Gasteiger partial charge on any atom is 0.222 e. The molecule has 4 heteroatoms. The van der Waals surface area contributed by atoms with Gasteiger partial charge in [-0.3, -0.25) is 9.78 Å². The van der Waals surface area contributed by atoms with E-state index in [1.165, 1.54) is 12.1 Å². The van der Waals surface area contributed by atoms with Crippen LogP contribution in [0.15, 0.2) is 48.8 Å². The minimum Gasteiger partial charge on any atom is -0.341 e. The van der Waals surface area contributed by atoms with Gasteiger partial charge in [-0.15, -0.1) is 0 Å². The number of carbonyl (C=O) groups is 1. The summed E-state index contributed by atoms with van der Waals surface area (Å²) in [5.41, 5.74) is 1.89.